The highest BCUT2D eigenvalue weighted by Crippen LogP contribution is 2.27. The third-order valence-corrected chi connectivity index (χ3v) is 4.30. The number of hydrogen-bond donors (Lipinski definition) is 1. The second-order valence-corrected chi connectivity index (χ2v) is 5.72. The molecule has 0 radical (unpaired) electrons. The normalized spacial score (nSPS) is 12.4. The molecule has 0 bridgehead atoms. The van der Waals surface area contributed by atoms with Gasteiger partial charge in [-0.25, -0.2) is 0 Å². The van der Waals surface area contributed by atoms with Crippen LogP contribution in [0.3, 0.4) is 0 Å². The number of nitrogens with zero attached hydrogens (tertiary/aromatic N) is 2. The number of ether oxygens (including phenoxy) is 1. The Hall–Kier alpha value is -1.33. The first kappa shape index (κ1) is 15.1. The fourth-order valence-corrected chi connectivity index (χ4v) is 2.78. The Labute approximate surface area is 128 Å². The summed E-state index contributed by atoms with van der Waals surface area (Å²) in [6, 6.07) is 6.29. The van der Waals surface area contributed by atoms with E-state index in [9.17, 15) is 0 Å². The third kappa shape index (κ3) is 3.22. The van der Waals surface area contributed by atoms with Gasteiger partial charge in [-0.15, -0.1) is 0 Å². The van der Waals surface area contributed by atoms with Crippen LogP contribution in [0.15, 0.2) is 28.9 Å². The molecule has 0 saturated heterocycles. The lowest BCUT2D eigenvalue weighted by molar-refractivity contribution is 0.414. The van der Waals surface area contributed by atoms with Gasteiger partial charge in [0.25, 0.3) is 0 Å². The molecular formula is C15H20BrN3O. The van der Waals surface area contributed by atoms with Crippen molar-refractivity contribution in [2.75, 3.05) is 7.11 Å². The molecule has 108 valence electrons. The van der Waals surface area contributed by atoms with Gasteiger partial charge in [-0.1, -0.05) is 22.0 Å². The van der Waals surface area contributed by atoms with E-state index in [2.05, 4.69) is 46.3 Å². The summed E-state index contributed by atoms with van der Waals surface area (Å²) in [4.78, 5) is 0. The van der Waals surface area contributed by atoms with Gasteiger partial charge in [-0.05, 0) is 31.5 Å². The van der Waals surface area contributed by atoms with Gasteiger partial charge in [-0.2, -0.15) is 5.10 Å². The molecule has 0 amide bonds. The standard InChI is InChI=1S/C15H20BrN3O/c1-10(14-6-5-13(20-4)7-15(14)16)17-8-12-9-18-19(3)11(12)2/h5-7,9-10,17H,8H2,1-4H3. The van der Waals surface area contributed by atoms with Crippen molar-refractivity contribution in [2.45, 2.75) is 26.4 Å². The van der Waals surface area contributed by atoms with Crippen LogP contribution in [-0.4, -0.2) is 16.9 Å². The summed E-state index contributed by atoms with van der Waals surface area (Å²) in [7, 11) is 3.64. The molecule has 2 rings (SSSR count). The van der Waals surface area contributed by atoms with Crippen molar-refractivity contribution in [3.05, 3.63) is 45.7 Å². The number of rotatable bonds is 5. The molecule has 0 aliphatic carbocycles. The van der Waals surface area contributed by atoms with E-state index in [1.807, 2.05) is 30.1 Å². The fourth-order valence-electron chi connectivity index (χ4n) is 2.08. The van der Waals surface area contributed by atoms with E-state index in [0.717, 1.165) is 16.8 Å². The van der Waals surface area contributed by atoms with Gasteiger partial charge in [0.1, 0.15) is 5.75 Å². The summed E-state index contributed by atoms with van der Waals surface area (Å²) in [5.41, 5.74) is 3.63. The van der Waals surface area contributed by atoms with E-state index in [1.165, 1.54) is 16.8 Å². The molecule has 1 heterocycles. The molecule has 4 nitrogen and oxygen atoms in total. The van der Waals surface area contributed by atoms with Crippen LogP contribution in [0.25, 0.3) is 0 Å². The summed E-state index contributed by atoms with van der Waals surface area (Å²) in [5.74, 6) is 0.857. The number of halogens is 1. The van der Waals surface area contributed by atoms with Gasteiger partial charge >= 0.3 is 0 Å². The van der Waals surface area contributed by atoms with Crippen molar-refractivity contribution < 1.29 is 4.74 Å². The van der Waals surface area contributed by atoms with Crippen molar-refractivity contribution >= 4 is 15.9 Å². The molecule has 0 saturated carbocycles. The van der Waals surface area contributed by atoms with Crippen LogP contribution in [0.4, 0.5) is 0 Å². The van der Waals surface area contributed by atoms with Gasteiger partial charge in [0.2, 0.25) is 0 Å². The molecule has 2 aromatic rings. The maximum atomic E-state index is 5.22. The van der Waals surface area contributed by atoms with Gasteiger partial charge in [0.05, 0.1) is 13.3 Å². The Balaban J connectivity index is 2.05. The smallest absolute Gasteiger partial charge is 0.120 e. The largest absolute Gasteiger partial charge is 0.497 e. The van der Waals surface area contributed by atoms with Crippen LogP contribution in [0.5, 0.6) is 5.75 Å². The monoisotopic (exact) mass is 337 g/mol. The van der Waals surface area contributed by atoms with Gasteiger partial charge in [0.15, 0.2) is 0 Å². The predicted octanol–water partition coefficient (Wildman–Crippen LogP) is 3.35. The van der Waals surface area contributed by atoms with Crippen LogP contribution < -0.4 is 10.1 Å². The van der Waals surface area contributed by atoms with Crippen LogP contribution in [0.2, 0.25) is 0 Å². The third-order valence-electron chi connectivity index (χ3n) is 3.61. The molecule has 0 aliphatic heterocycles. The zero-order chi connectivity index (χ0) is 14.7. The van der Waals surface area contributed by atoms with E-state index in [4.69, 9.17) is 4.74 Å². The average molecular weight is 338 g/mol. The highest BCUT2D eigenvalue weighted by molar-refractivity contribution is 9.10. The number of methoxy groups -OCH3 is 1. The van der Waals surface area contributed by atoms with E-state index < -0.39 is 0 Å². The number of aryl methyl sites for hydroxylation is 1. The number of benzene rings is 1. The minimum atomic E-state index is 0.245. The van der Waals surface area contributed by atoms with E-state index >= 15 is 0 Å². The molecule has 0 aliphatic rings. The SMILES string of the molecule is COc1ccc(C(C)NCc2cnn(C)c2C)c(Br)c1. The molecule has 1 aromatic heterocycles. The first-order chi connectivity index (χ1) is 9.52. The number of aromatic nitrogens is 2. The zero-order valence-electron chi connectivity index (χ0n) is 12.3. The molecule has 0 fully saturated rings. The lowest BCUT2D eigenvalue weighted by Crippen LogP contribution is -2.18. The Morgan fingerprint density at radius 3 is 2.75 bits per heavy atom. The Morgan fingerprint density at radius 2 is 2.20 bits per heavy atom. The second kappa shape index (κ2) is 6.41. The van der Waals surface area contributed by atoms with Crippen LogP contribution in [0, 0.1) is 6.92 Å². The van der Waals surface area contributed by atoms with Crippen molar-refractivity contribution in [3.63, 3.8) is 0 Å². The van der Waals surface area contributed by atoms with E-state index in [1.54, 1.807) is 7.11 Å². The summed E-state index contributed by atoms with van der Waals surface area (Å²) < 4.78 is 8.17. The van der Waals surface area contributed by atoms with Gasteiger partial charge in [-0.3, -0.25) is 4.68 Å². The molecule has 1 aromatic carbocycles. The minimum absolute atomic E-state index is 0.245. The molecule has 1 unspecified atom stereocenters. The quantitative estimate of drug-likeness (QED) is 0.909. The van der Waals surface area contributed by atoms with Crippen molar-refractivity contribution in [3.8, 4) is 5.75 Å². The highest BCUT2D eigenvalue weighted by atomic mass is 79.9. The predicted molar refractivity (Wildman–Crippen MR) is 83.9 cm³/mol. The second-order valence-electron chi connectivity index (χ2n) is 4.87. The first-order valence-electron chi connectivity index (χ1n) is 6.57. The number of hydrogen-bond acceptors (Lipinski definition) is 3. The zero-order valence-corrected chi connectivity index (χ0v) is 13.9. The van der Waals surface area contributed by atoms with E-state index in [-0.39, 0.29) is 6.04 Å². The summed E-state index contributed by atoms with van der Waals surface area (Å²) in [6.45, 7) is 5.04. The molecule has 20 heavy (non-hydrogen) atoms. The Morgan fingerprint density at radius 1 is 1.45 bits per heavy atom. The lowest BCUT2D eigenvalue weighted by Gasteiger charge is -2.16. The first-order valence-corrected chi connectivity index (χ1v) is 7.36. The average Bonchev–Trinajstić information content (AvgIpc) is 2.76. The highest BCUT2D eigenvalue weighted by Gasteiger charge is 2.11. The molecular weight excluding hydrogens is 318 g/mol. The topological polar surface area (TPSA) is 39.1 Å². The van der Waals surface area contributed by atoms with Crippen LogP contribution in [-0.2, 0) is 13.6 Å². The molecule has 5 heteroatoms. The fraction of sp³-hybridized carbons (Fsp3) is 0.400. The summed E-state index contributed by atoms with van der Waals surface area (Å²) in [5, 5.41) is 7.78. The van der Waals surface area contributed by atoms with Gasteiger partial charge in [0, 0.05) is 35.4 Å². The summed E-state index contributed by atoms with van der Waals surface area (Å²) >= 11 is 3.60. The molecule has 1 atom stereocenters. The van der Waals surface area contributed by atoms with Crippen molar-refractivity contribution in [2.24, 2.45) is 7.05 Å². The Kier molecular flexibility index (Phi) is 4.83. The van der Waals surface area contributed by atoms with E-state index in [0.29, 0.717) is 0 Å². The van der Waals surface area contributed by atoms with Gasteiger partial charge < -0.3 is 10.1 Å². The minimum Gasteiger partial charge on any atom is -0.497 e. The maximum absolute atomic E-state index is 5.22. The van der Waals surface area contributed by atoms with Crippen molar-refractivity contribution in [1.29, 1.82) is 0 Å². The number of nitrogens with one attached hydrogen (secondary N) is 1. The lowest BCUT2D eigenvalue weighted by atomic mass is 10.1. The molecule has 0 spiro atoms. The Bertz CT molecular complexity index is 595. The van der Waals surface area contributed by atoms with Crippen LogP contribution >= 0.6 is 15.9 Å². The summed E-state index contributed by atoms with van der Waals surface area (Å²) in [6.07, 6.45) is 1.91. The van der Waals surface area contributed by atoms with Crippen LogP contribution in [0.1, 0.15) is 29.8 Å². The maximum Gasteiger partial charge on any atom is 0.120 e. The molecule has 1 N–H and O–H groups in total. The van der Waals surface area contributed by atoms with Crippen molar-refractivity contribution in [1.82, 2.24) is 15.1 Å².